The molecule has 0 radical (unpaired) electrons. The number of Topliss-reactive ketones (excluding diaryl/α,β-unsaturated/α-hetero) is 1. The van der Waals surface area contributed by atoms with Crippen LogP contribution in [0.15, 0.2) is 30.7 Å². The molecule has 0 amide bonds. The predicted octanol–water partition coefficient (Wildman–Crippen LogP) is 2.01. The van der Waals surface area contributed by atoms with Crippen molar-refractivity contribution < 1.29 is 4.79 Å². The van der Waals surface area contributed by atoms with Gasteiger partial charge >= 0.3 is 0 Å². The Balaban J connectivity index is 1.25. The van der Waals surface area contributed by atoms with Gasteiger partial charge in [0, 0.05) is 69.0 Å². The van der Waals surface area contributed by atoms with Gasteiger partial charge in [-0.2, -0.15) is 0 Å². The van der Waals surface area contributed by atoms with Crippen molar-refractivity contribution >= 4 is 11.7 Å². The van der Waals surface area contributed by atoms with Gasteiger partial charge in [-0.3, -0.25) is 9.69 Å². The monoisotopic (exact) mass is 339 g/mol. The molecule has 0 spiro atoms. The van der Waals surface area contributed by atoms with Gasteiger partial charge in [0.2, 0.25) is 5.95 Å². The zero-order valence-electron chi connectivity index (χ0n) is 14.6. The Morgan fingerprint density at radius 3 is 2.60 bits per heavy atom. The van der Waals surface area contributed by atoms with Crippen molar-refractivity contribution in [2.45, 2.75) is 32.2 Å². The molecule has 6 heteroatoms. The summed E-state index contributed by atoms with van der Waals surface area (Å²) in [5.74, 6) is 1.16. The Hall–Kier alpha value is -2.21. The molecule has 25 heavy (non-hydrogen) atoms. The first-order valence-electron chi connectivity index (χ1n) is 9.27. The van der Waals surface area contributed by atoms with Crippen molar-refractivity contribution in [3.05, 3.63) is 42.0 Å². The highest BCUT2D eigenvalue weighted by Crippen LogP contribution is 2.22. The number of carbonyl (C=O) groups excluding carboxylic acids is 1. The van der Waals surface area contributed by atoms with E-state index < -0.39 is 0 Å². The van der Waals surface area contributed by atoms with E-state index in [4.69, 9.17) is 0 Å². The maximum Gasteiger partial charge on any atom is 0.225 e. The molecule has 2 aromatic heterocycles. The molecular weight excluding hydrogens is 314 g/mol. The van der Waals surface area contributed by atoms with Gasteiger partial charge in [0.1, 0.15) is 0 Å². The minimum Gasteiger partial charge on any atom is -0.351 e. The van der Waals surface area contributed by atoms with Crippen LogP contribution in [-0.4, -0.2) is 57.9 Å². The molecule has 2 aromatic rings. The molecular formula is C19H25N5O. The van der Waals surface area contributed by atoms with Gasteiger partial charge in [-0.05, 0) is 37.9 Å². The third-order valence-corrected chi connectivity index (χ3v) is 5.28. The summed E-state index contributed by atoms with van der Waals surface area (Å²) < 4.78 is 2.29. The first kappa shape index (κ1) is 16.3. The van der Waals surface area contributed by atoms with Crippen LogP contribution in [0.4, 0.5) is 5.95 Å². The van der Waals surface area contributed by atoms with E-state index in [0.29, 0.717) is 12.2 Å². The van der Waals surface area contributed by atoms with E-state index in [2.05, 4.69) is 30.5 Å². The maximum atomic E-state index is 11.9. The highest BCUT2D eigenvalue weighted by atomic mass is 16.1. The summed E-state index contributed by atoms with van der Waals surface area (Å²) in [6.45, 7) is 6.19. The lowest BCUT2D eigenvalue weighted by molar-refractivity contribution is 0.0971. The van der Waals surface area contributed by atoms with Crippen molar-refractivity contribution in [2.24, 2.45) is 0 Å². The number of carbonyl (C=O) groups is 1. The third kappa shape index (κ3) is 3.58. The summed E-state index contributed by atoms with van der Waals surface area (Å²) >= 11 is 0. The number of fused-ring (bicyclic) bond motifs is 1. The second-order valence-corrected chi connectivity index (χ2v) is 6.88. The van der Waals surface area contributed by atoms with Crippen LogP contribution < -0.4 is 4.90 Å². The Morgan fingerprint density at radius 1 is 1.00 bits per heavy atom. The Morgan fingerprint density at radius 2 is 1.80 bits per heavy atom. The fourth-order valence-electron chi connectivity index (χ4n) is 3.89. The van der Waals surface area contributed by atoms with Crippen molar-refractivity contribution in [2.75, 3.05) is 37.6 Å². The summed E-state index contributed by atoms with van der Waals surface area (Å²) in [7, 11) is 0. The molecule has 1 fully saturated rings. The molecule has 0 atom stereocenters. The summed E-state index contributed by atoms with van der Waals surface area (Å²) in [5, 5.41) is 0. The summed E-state index contributed by atoms with van der Waals surface area (Å²) in [6.07, 6.45) is 9.58. The highest BCUT2D eigenvalue weighted by molar-refractivity contribution is 5.98. The van der Waals surface area contributed by atoms with E-state index in [1.807, 2.05) is 12.1 Å². The lowest BCUT2D eigenvalue weighted by Crippen LogP contribution is -2.47. The van der Waals surface area contributed by atoms with Crippen molar-refractivity contribution in [1.82, 2.24) is 19.4 Å². The van der Waals surface area contributed by atoms with Gasteiger partial charge in [0.15, 0.2) is 5.78 Å². The molecule has 1 aliphatic heterocycles. The fourth-order valence-corrected chi connectivity index (χ4v) is 3.89. The molecule has 0 bridgehead atoms. The molecule has 1 aliphatic carbocycles. The van der Waals surface area contributed by atoms with E-state index in [0.717, 1.165) is 70.0 Å². The molecule has 132 valence electrons. The molecule has 0 unspecified atom stereocenters. The average Bonchev–Trinajstić information content (AvgIpc) is 3.08. The van der Waals surface area contributed by atoms with Crippen LogP contribution in [0.3, 0.4) is 0 Å². The van der Waals surface area contributed by atoms with E-state index in [9.17, 15) is 4.79 Å². The highest BCUT2D eigenvalue weighted by Gasteiger charge is 2.21. The lowest BCUT2D eigenvalue weighted by Gasteiger charge is -2.34. The van der Waals surface area contributed by atoms with Gasteiger partial charge in [0.25, 0.3) is 0 Å². The standard InChI is InChI=1S/C19H25N5O/c25-18-5-1-4-17-16(18)6-11-23(17)10-3-9-22-12-14-24(15-13-22)19-20-7-2-8-21-19/h2,6-8,11H,1,3-5,9-10,12-15H2. The number of nitrogens with zero attached hydrogens (tertiary/aromatic N) is 5. The first-order valence-corrected chi connectivity index (χ1v) is 9.27. The molecule has 2 aliphatic rings. The fraction of sp³-hybridized carbons (Fsp3) is 0.526. The Labute approximate surface area is 148 Å². The maximum absolute atomic E-state index is 11.9. The number of aromatic nitrogens is 3. The zero-order valence-corrected chi connectivity index (χ0v) is 14.6. The van der Waals surface area contributed by atoms with Gasteiger partial charge in [-0.25, -0.2) is 9.97 Å². The molecule has 1 saturated heterocycles. The second-order valence-electron chi connectivity index (χ2n) is 6.88. The number of hydrogen-bond acceptors (Lipinski definition) is 5. The Kier molecular flexibility index (Phi) is 4.78. The SMILES string of the molecule is O=C1CCCc2c1ccn2CCCN1CCN(c2ncccn2)CC1. The van der Waals surface area contributed by atoms with Gasteiger partial charge in [0.05, 0.1) is 0 Å². The summed E-state index contributed by atoms with van der Waals surface area (Å²) in [4.78, 5) is 25.4. The van der Waals surface area contributed by atoms with Gasteiger partial charge < -0.3 is 9.47 Å². The number of hydrogen-bond donors (Lipinski definition) is 0. The Bertz CT molecular complexity index is 719. The van der Waals surface area contributed by atoms with Crippen molar-refractivity contribution in [3.63, 3.8) is 0 Å². The largest absolute Gasteiger partial charge is 0.351 e. The number of anilines is 1. The van der Waals surface area contributed by atoms with Gasteiger partial charge in [-0.15, -0.1) is 0 Å². The van der Waals surface area contributed by atoms with E-state index >= 15 is 0 Å². The number of ketones is 1. The third-order valence-electron chi connectivity index (χ3n) is 5.28. The number of rotatable bonds is 5. The molecule has 4 rings (SSSR count). The van der Waals surface area contributed by atoms with Crippen LogP contribution in [0.2, 0.25) is 0 Å². The summed E-state index contributed by atoms with van der Waals surface area (Å²) in [6, 6.07) is 3.86. The van der Waals surface area contributed by atoms with E-state index in [-0.39, 0.29) is 0 Å². The van der Waals surface area contributed by atoms with E-state index in [1.165, 1.54) is 5.69 Å². The van der Waals surface area contributed by atoms with Crippen LogP contribution >= 0.6 is 0 Å². The molecule has 6 nitrogen and oxygen atoms in total. The number of piperazine rings is 1. The van der Waals surface area contributed by atoms with Crippen molar-refractivity contribution in [1.29, 1.82) is 0 Å². The topological polar surface area (TPSA) is 54.3 Å². The normalized spacial score (nSPS) is 18.4. The smallest absolute Gasteiger partial charge is 0.225 e. The minimum atomic E-state index is 0.319. The minimum absolute atomic E-state index is 0.319. The van der Waals surface area contributed by atoms with Crippen molar-refractivity contribution in [3.8, 4) is 0 Å². The van der Waals surface area contributed by atoms with Crippen LogP contribution in [0, 0.1) is 0 Å². The summed E-state index contributed by atoms with van der Waals surface area (Å²) in [5.41, 5.74) is 2.21. The van der Waals surface area contributed by atoms with Gasteiger partial charge in [-0.1, -0.05) is 0 Å². The predicted molar refractivity (Wildman–Crippen MR) is 97.0 cm³/mol. The van der Waals surface area contributed by atoms with E-state index in [1.54, 1.807) is 12.4 Å². The average molecular weight is 339 g/mol. The second kappa shape index (κ2) is 7.35. The van der Waals surface area contributed by atoms with Crippen LogP contribution in [0.5, 0.6) is 0 Å². The van der Waals surface area contributed by atoms with Crippen LogP contribution in [0.1, 0.15) is 35.3 Å². The first-order chi connectivity index (χ1) is 12.3. The quantitative estimate of drug-likeness (QED) is 0.834. The van der Waals surface area contributed by atoms with Crippen LogP contribution in [-0.2, 0) is 13.0 Å². The zero-order chi connectivity index (χ0) is 17.1. The molecule has 3 heterocycles. The number of aryl methyl sites for hydroxylation is 1. The molecule has 0 aromatic carbocycles. The lowest BCUT2D eigenvalue weighted by atomic mass is 9.97. The van der Waals surface area contributed by atoms with Crippen LogP contribution in [0.25, 0.3) is 0 Å². The molecule has 0 saturated carbocycles. The molecule has 0 N–H and O–H groups in total.